The van der Waals surface area contributed by atoms with Crippen LogP contribution in [0.1, 0.15) is 5.56 Å². The Kier molecular flexibility index (Phi) is 4.44. The molecule has 0 aliphatic carbocycles. The highest BCUT2D eigenvalue weighted by atomic mass is 32.2. The van der Waals surface area contributed by atoms with Crippen molar-refractivity contribution in [1.29, 1.82) is 0 Å². The number of hydrogen-bond acceptors (Lipinski definition) is 4. The van der Waals surface area contributed by atoms with E-state index < -0.39 is 0 Å². The molecule has 0 aliphatic heterocycles. The molecule has 1 aromatic carbocycles. The van der Waals surface area contributed by atoms with Crippen LogP contribution < -0.4 is 5.73 Å². The fraction of sp³-hybridized carbons (Fsp3) is 0.357. The lowest BCUT2D eigenvalue weighted by Crippen LogP contribution is -2.14. The van der Waals surface area contributed by atoms with Crippen LogP contribution in [0.25, 0.3) is 10.9 Å². The Morgan fingerprint density at radius 2 is 2.06 bits per heavy atom. The number of thioether (sulfide) groups is 1. The van der Waals surface area contributed by atoms with Crippen molar-refractivity contribution in [3.63, 3.8) is 0 Å². The SMILES string of the molecule is CN(C)CCSCc1cc2ccccc2nc1N. The van der Waals surface area contributed by atoms with Crippen molar-refractivity contribution in [2.45, 2.75) is 5.75 Å². The number of anilines is 1. The molecule has 2 rings (SSSR count). The molecular formula is C14H19N3S. The summed E-state index contributed by atoms with van der Waals surface area (Å²) >= 11 is 1.90. The predicted molar refractivity (Wildman–Crippen MR) is 80.9 cm³/mol. The molecule has 2 N–H and O–H groups in total. The van der Waals surface area contributed by atoms with E-state index in [-0.39, 0.29) is 0 Å². The summed E-state index contributed by atoms with van der Waals surface area (Å²) in [5.41, 5.74) is 8.10. The molecule has 0 fully saturated rings. The van der Waals surface area contributed by atoms with Crippen molar-refractivity contribution in [1.82, 2.24) is 9.88 Å². The van der Waals surface area contributed by atoms with Crippen LogP contribution in [0.15, 0.2) is 30.3 Å². The van der Waals surface area contributed by atoms with Crippen LogP contribution in [-0.4, -0.2) is 36.3 Å². The zero-order valence-corrected chi connectivity index (χ0v) is 11.7. The van der Waals surface area contributed by atoms with Crippen LogP contribution in [-0.2, 0) is 5.75 Å². The lowest BCUT2D eigenvalue weighted by Gasteiger charge is -2.10. The minimum absolute atomic E-state index is 0.658. The molecule has 0 aliphatic rings. The third kappa shape index (κ3) is 3.37. The third-order valence-corrected chi connectivity index (χ3v) is 3.76. The summed E-state index contributed by atoms with van der Waals surface area (Å²) in [6, 6.07) is 10.2. The molecular weight excluding hydrogens is 242 g/mol. The molecule has 18 heavy (non-hydrogen) atoms. The van der Waals surface area contributed by atoms with E-state index in [9.17, 15) is 0 Å². The van der Waals surface area contributed by atoms with Crippen molar-refractivity contribution in [3.8, 4) is 0 Å². The quantitative estimate of drug-likeness (QED) is 0.840. The first-order valence-electron chi connectivity index (χ1n) is 6.03. The monoisotopic (exact) mass is 261 g/mol. The van der Waals surface area contributed by atoms with Crippen LogP contribution in [0, 0.1) is 0 Å². The number of nitrogens with two attached hydrogens (primary N) is 1. The van der Waals surface area contributed by atoms with Gasteiger partial charge in [0.25, 0.3) is 0 Å². The predicted octanol–water partition coefficient (Wildman–Crippen LogP) is 2.61. The molecule has 0 saturated heterocycles. The number of aromatic nitrogens is 1. The van der Waals surface area contributed by atoms with E-state index >= 15 is 0 Å². The minimum atomic E-state index is 0.658. The highest BCUT2D eigenvalue weighted by Gasteiger charge is 2.04. The van der Waals surface area contributed by atoms with E-state index in [0.717, 1.165) is 34.5 Å². The van der Waals surface area contributed by atoms with Crippen molar-refractivity contribution in [3.05, 3.63) is 35.9 Å². The molecule has 0 spiro atoms. The molecule has 1 aromatic heterocycles. The smallest absolute Gasteiger partial charge is 0.128 e. The first kappa shape index (κ1) is 13.2. The Hall–Kier alpha value is -1.26. The Balaban J connectivity index is 2.06. The van der Waals surface area contributed by atoms with Crippen molar-refractivity contribution in [2.75, 3.05) is 32.1 Å². The second-order valence-electron chi connectivity index (χ2n) is 4.58. The number of pyridine rings is 1. The van der Waals surface area contributed by atoms with Gasteiger partial charge in [0.2, 0.25) is 0 Å². The van der Waals surface area contributed by atoms with Gasteiger partial charge in [-0.1, -0.05) is 18.2 Å². The summed E-state index contributed by atoms with van der Waals surface area (Å²) in [7, 11) is 4.18. The molecule has 0 radical (unpaired) electrons. The van der Waals surface area contributed by atoms with Gasteiger partial charge in [0.05, 0.1) is 5.52 Å². The van der Waals surface area contributed by atoms with E-state index in [4.69, 9.17) is 5.73 Å². The summed E-state index contributed by atoms with van der Waals surface area (Å²) in [4.78, 5) is 6.63. The normalized spacial score (nSPS) is 11.3. The molecule has 0 saturated carbocycles. The van der Waals surface area contributed by atoms with Crippen LogP contribution in [0.5, 0.6) is 0 Å². The number of rotatable bonds is 5. The van der Waals surface area contributed by atoms with Crippen molar-refractivity contribution in [2.24, 2.45) is 0 Å². The Morgan fingerprint density at radius 1 is 1.28 bits per heavy atom. The van der Waals surface area contributed by atoms with Gasteiger partial charge in [-0.2, -0.15) is 11.8 Å². The summed E-state index contributed by atoms with van der Waals surface area (Å²) in [5, 5.41) is 1.16. The number of nitrogen functional groups attached to an aromatic ring is 1. The van der Waals surface area contributed by atoms with Gasteiger partial charge in [-0.15, -0.1) is 0 Å². The number of hydrogen-bond donors (Lipinski definition) is 1. The largest absolute Gasteiger partial charge is 0.383 e. The van der Waals surface area contributed by atoms with Gasteiger partial charge in [0.1, 0.15) is 5.82 Å². The third-order valence-electron chi connectivity index (χ3n) is 2.78. The van der Waals surface area contributed by atoms with E-state index in [1.807, 2.05) is 30.0 Å². The first-order valence-corrected chi connectivity index (χ1v) is 7.19. The molecule has 0 amide bonds. The molecule has 1 heterocycles. The fourth-order valence-electron chi connectivity index (χ4n) is 1.72. The van der Waals surface area contributed by atoms with Crippen LogP contribution in [0.4, 0.5) is 5.82 Å². The maximum absolute atomic E-state index is 5.99. The number of nitrogens with zero attached hydrogens (tertiary/aromatic N) is 2. The van der Waals surface area contributed by atoms with E-state index in [1.165, 1.54) is 0 Å². The molecule has 3 nitrogen and oxygen atoms in total. The fourth-order valence-corrected chi connectivity index (χ4v) is 2.81. The zero-order chi connectivity index (χ0) is 13.0. The van der Waals surface area contributed by atoms with Crippen LogP contribution in [0.2, 0.25) is 0 Å². The van der Waals surface area contributed by atoms with E-state index in [2.05, 4.69) is 36.1 Å². The van der Waals surface area contributed by atoms with E-state index in [0.29, 0.717) is 5.82 Å². The average Bonchev–Trinajstić information content (AvgIpc) is 2.34. The molecule has 96 valence electrons. The van der Waals surface area contributed by atoms with E-state index in [1.54, 1.807) is 0 Å². The van der Waals surface area contributed by atoms with Gasteiger partial charge in [0.15, 0.2) is 0 Å². The topological polar surface area (TPSA) is 42.2 Å². The number of fused-ring (bicyclic) bond motifs is 1. The number of benzene rings is 1. The number of para-hydroxylation sites is 1. The van der Waals surface area contributed by atoms with Crippen molar-refractivity contribution < 1.29 is 0 Å². The van der Waals surface area contributed by atoms with Crippen LogP contribution >= 0.6 is 11.8 Å². The van der Waals surface area contributed by atoms with Crippen LogP contribution in [0.3, 0.4) is 0 Å². The molecule has 0 atom stereocenters. The lowest BCUT2D eigenvalue weighted by atomic mass is 10.1. The Morgan fingerprint density at radius 3 is 2.83 bits per heavy atom. The Labute approximate surface area is 112 Å². The molecule has 0 unspecified atom stereocenters. The molecule has 2 aromatic rings. The van der Waals surface area contributed by atoms with Gasteiger partial charge < -0.3 is 10.6 Å². The summed E-state index contributed by atoms with van der Waals surface area (Å²) in [6.45, 7) is 1.09. The second kappa shape index (κ2) is 6.07. The zero-order valence-electron chi connectivity index (χ0n) is 10.9. The van der Waals surface area contributed by atoms with Gasteiger partial charge in [-0.05, 0) is 26.2 Å². The van der Waals surface area contributed by atoms with Gasteiger partial charge in [-0.25, -0.2) is 4.98 Å². The summed E-state index contributed by atoms with van der Waals surface area (Å²) < 4.78 is 0. The Bertz CT molecular complexity index is 525. The summed E-state index contributed by atoms with van der Waals surface area (Å²) in [5.74, 6) is 2.70. The second-order valence-corrected chi connectivity index (χ2v) is 5.69. The highest BCUT2D eigenvalue weighted by Crippen LogP contribution is 2.22. The molecule has 4 heteroatoms. The van der Waals surface area contributed by atoms with Gasteiger partial charge in [-0.3, -0.25) is 0 Å². The molecule has 0 bridgehead atoms. The maximum atomic E-state index is 5.99. The van der Waals surface area contributed by atoms with Gasteiger partial charge >= 0.3 is 0 Å². The maximum Gasteiger partial charge on any atom is 0.128 e. The standard InChI is InChI=1S/C14H19N3S/c1-17(2)7-8-18-10-12-9-11-5-3-4-6-13(11)16-14(12)15/h3-6,9H,7-8,10H2,1-2H3,(H2,15,16). The highest BCUT2D eigenvalue weighted by molar-refractivity contribution is 7.98. The summed E-state index contributed by atoms with van der Waals surface area (Å²) in [6.07, 6.45) is 0. The minimum Gasteiger partial charge on any atom is -0.383 e. The van der Waals surface area contributed by atoms with Crippen molar-refractivity contribution >= 4 is 28.5 Å². The lowest BCUT2D eigenvalue weighted by molar-refractivity contribution is 0.437. The average molecular weight is 261 g/mol. The first-order chi connectivity index (χ1) is 8.66. The van der Waals surface area contributed by atoms with Gasteiger partial charge in [0, 0.05) is 29.0 Å².